The fourth-order valence-corrected chi connectivity index (χ4v) is 4.42. The van der Waals surface area contributed by atoms with Crippen molar-refractivity contribution in [2.24, 2.45) is 0 Å². The molecule has 100 valence electrons. The van der Waals surface area contributed by atoms with Crippen molar-refractivity contribution >= 4 is 9.84 Å². The van der Waals surface area contributed by atoms with E-state index in [2.05, 4.69) is 0 Å². The number of sulfone groups is 1. The van der Waals surface area contributed by atoms with Gasteiger partial charge >= 0.3 is 0 Å². The molecule has 1 N–H and O–H groups in total. The molecule has 2 unspecified atom stereocenters. The first-order valence-corrected chi connectivity index (χ1v) is 8.19. The number of aryl methyl sites for hydroxylation is 2. The average Bonchev–Trinajstić information content (AvgIpc) is 2.65. The maximum absolute atomic E-state index is 11.8. The Morgan fingerprint density at radius 2 is 1.94 bits per heavy atom. The van der Waals surface area contributed by atoms with Gasteiger partial charge in [0.1, 0.15) is 5.60 Å². The third-order valence-corrected chi connectivity index (χ3v) is 5.74. The van der Waals surface area contributed by atoms with Crippen molar-refractivity contribution in [2.75, 3.05) is 6.26 Å². The number of benzene rings is 1. The minimum Gasteiger partial charge on any atom is -0.384 e. The predicted molar refractivity (Wildman–Crippen MR) is 72.3 cm³/mol. The third-order valence-electron chi connectivity index (χ3n) is 4.08. The second-order valence-corrected chi connectivity index (χ2v) is 7.66. The highest BCUT2D eigenvalue weighted by atomic mass is 32.2. The molecule has 0 amide bonds. The van der Waals surface area contributed by atoms with Crippen LogP contribution in [0.3, 0.4) is 0 Å². The summed E-state index contributed by atoms with van der Waals surface area (Å²) in [6, 6.07) is 5.71. The zero-order chi connectivity index (χ0) is 13.6. The Hall–Kier alpha value is -0.870. The molecular weight excluding hydrogens is 248 g/mol. The summed E-state index contributed by atoms with van der Waals surface area (Å²) in [6.45, 7) is 3.98. The fourth-order valence-electron chi connectivity index (χ4n) is 2.87. The predicted octanol–water partition coefficient (Wildman–Crippen LogP) is 2.09. The Morgan fingerprint density at radius 3 is 2.50 bits per heavy atom. The quantitative estimate of drug-likeness (QED) is 0.893. The van der Waals surface area contributed by atoms with Crippen LogP contribution in [0.1, 0.15) is 36.0 Å². The summed E-state index contributed by atoms with van der Waals surface area (Å²) in [5.74, 6) is 0. The lowest BCUT2D eigenvalue weighted by atomic mass is 9.90. The second kappa shape index (κ2) is 4.35. The molecule has 0 aliphatic heterocycles. The van der Waals surface area contributed by atoms with Crippen LogP contribution in [0.5, 0.6) is 0 Å². The largest absolute Gasteiger partial charge is 0.384 e. The summed E-state index contributed by atoms with van der Waals surface area (Å²) < 4.78 is 23.6. The van der Waals surface area contributed by atoms with E-state index in [1.54, 1.807) is 0 Å². The van der Waals surface area contributed by atoms with Gasteiger partial charge in [-0.05, 0) is 49.8 Å². The minimum atomic E-state index is -3.23. The van der Waals surface area contributed by atoms with Gasteiger partial charge in [0.25, 0.3) is 0 Å². The second-order valence-electron chi connectivity index (χ2n) is 5.43. The van der Waals surface area contributed by atoms with E-state index in [0.717, 1.165) is 23.1 Å². The number of hydrogen-bond acceptors (Lipinski definition) is 3. The van der Waals surface area contributed by atoms with Gasteiger partial charge in [0, 0.05) is 6.26 Å². The molecule has 0 radical (unpaired) electrons. The van der Waals surface area contributed by atoms with E-state index < -0.39 is 20.7 Å². The van der Waals surface area contributed by atoms with Gasteiger partial charge in [0.05, 0.1) is 5.25 Å². The lowest BCUT2D eigenvalue weighted by molar-refractivity contribution is 0.0476. The Bertz CT molecular complexity index is 562. The maximum Gasteiger partial charge on any atom is 0.153 e. The van der Waals surface area contributed by atoms with E-state index in [0.29, 0.717) is 12.8 Å². The van der Waals surface area contributed by atoms with Gasteiger partial charge in [-0.2, -0.15) is 0 Å². The van der Waals surface area contributed by atoms with Gasteiger partial charge in [-0.15, -0.1) is 0 Å². The highest BCUT2D eigenvalue weighted by molar-refractivity contribution is 7.91. The molecule has 2 rings (SSSR count). The number of rotatable bonds is 2. The van der Waals surface area contributed by atoms with Crippen LogP contribution in [0.25, 0.3) is 0 Å². The molecule has 1 aromatic rings. The number of hydrogen-bond donors (Lipinski definition) is 1. The Balaban J connectivity index is 2.50. The van der Waals surface area contributed by atoms with E-state index >= 15 is 0 Å². The summed E-state index contributed by atoms with van der Waals surface area (Å²) in [5, 5.41) is 10.1. The molecule has 0 heterocycles. The molecule has 1 fully saturated rings. The van der Waals surface area contributed by atoms with Crippen LogP contribution in [-0.4, -0.2) is 25.0 Å². The zero-order valence-corrected chi connectivity index (χ0v) is 11.9. The van der Waals surface area contributed by atoms with Gasteiger partial charge in [-0.1, -0.05) is 18.2 Å². The monoisotopic (exact) mass is 268 g/mol. The van der Waals surface area contributed by atoms with Gasteiger partial charge < -0.3 is 5.11 Å². The maximum atomic E-state index is 11.8. The van der Waals surface area contributed by atoms with E-state index in [4.69, 9.17) is 0 Å². The van der Waals surface area contributed by atoms with E-state index in [-0.39, 0.29) is 0 Å². The summed E-state index contributed by atoms with van der Waals surface area (Å²) in [5.41, 5.74) is 1.75. The highest BCUT2D eigenvalue weighted by Crippen LogP contribution is 2.42. The van der Waals surface area contributed by atoms with Crippen molar-refractivity contribution in [2.45, 2.75) is 44.0 Å². The molecule has 2 atom stereocenters. The molecule has 0 spiro atoms. The molecule has 1 saturated carbocycles. The average molecular weight is 268 g/mol. The zero-order valence-electron chi connectivity index (χ0n) is 11.1. The van der Waals surface area contributed by atoms with E-state index in [9.17, 15) is 13.5 Å². The van der Waals surface area contributed by atoms with Crippen LogP contribution in [0, 0.1) is 13.8 Å². The summed E-state index contributed by atoms with van der Waals surface area (Å²) in [7, 11) is -3.23. The van der Waals surface area contributed by atoms with Crippen LogP contribution < -0.4 is 0 Å². The van der Waals surface area contributed by atoms with Crippen molar-refractivity contribution in [3.8, 4) is 0 Å². The summed E-state index contributed by atoms with van der Waals surface area (Å²) in [6.07, 6.45) is 3.03. The van der Waals surface area contributed by atoms with Crippen molar-refractivity contribution < 1.29 is 13.5 Å². The molecule has 0 aromatic heterocycles. The Labute approximate surface area is 109 Å². The smallest absolute Gasteiger partial charge is 0.153 e. The van der Waals surface area contributed by atoms with E-state index in [1.165, 1.54) is 6.26 Å². The van der Waals surface area contributed by atoms with Crippen molar-refractivity contribution in [1.82, 2.24) is 0 Å². The highest BCUT2D eigenvalue weighted by Gasteiger charge is 2.47. The van der Waals surface area contributed by atoms with Crippen molar-refractivity contribution in [1.29, 1.82) is 0 Å². The first-order valence-electron chi connectivity index (χ1n) is 6.24. The lowest BCUT2D eigenvalue weighted by Crippen LogP contribution is -2.39. The topological polar surface area (TPSA) is 54.4 Å². The van der Waals surface area contributed by atoms with Crippen LogP contribution in [0.4, 0.5) is 0 Å². The normalized spacial score (nSPS) is 28.6. The van der Waals surface area contributed by atoms with Crippen LogP contribution in [0.2, 0.25) is 0 Å². The molecule has 18 heavy (non-hydrogen) atoms. The van der Waals surface area contributed by atoms with Crippen LogP contribution >= 0.6 is 0 Å². The molecule has 1 aromatic carbocycles. The first kappa shape index (κ1) is 13.6. The van der Waals surface area contributed by atoms with Crippen molar-refractivity contribution in [3.05, 3.63) is 34.9 Å². The van der Waals surface area contributed by atoms with Gasteiger partial charge in [-0.3, -0.25) is 0 Å². The van der Waals surface area contributed by atoms with Gasteiger partial charge in [-0.25, -0.2) is 8.42 Å². The molecule has 1 aliphatic rings. The first-order chi connectivity index (χ1) is 8.25. The SMILES string of the molecule is Cc1ccc(C2(O)CCCC2S(C)(=O)=O)cc1C. The third kappa shape index (κ3) is 2.19. The molecule has 4 heteroatoms. The van der Waals surface area contributed by atoms with Gasteiger partial charge in [0.15, 0.2) is 9.84 Å². The fraction of sp³-hybridized carbons (Fsp3) is 0.571. The summed E-state index contributed by atoms with van der Waals surface area (Å²) in [4.78, 5) is 0. The Morgan fingerprint density at radius 1 is 1.28 bits per heavy atom. The molecule has 3 nitrogen and oxygen atoms in total. The molecular formula is C14H20O3S. The molecule has 0 saturated heterocycles. The standard InChI is InChI=1S/C14H20O3S/c1-10-6-7-12(9-11(10)2)14(15)8-4-5-13(14)18(3,16)17/h6-7,9,13,15H,4-5,8H2,1-3H3. The van der Waals surface area contributed by atoms with Crippen LogP contribution in [0.15, 0.2) is 18.2 Å². The molecule has 1 aliphatic carbocycles. The Kier molecular flexibility index (Phi) is 3.28. The number of aliphatic hydroxyl groups is 1. The van der Waals surface area contributed by atoms with E-state index in [1.807, 2.05) is 32.0 Å². The van der Waals surface area contributed by atoms with Crippen LogP contribution in [-0.2, 0) is 15.4 Å². The summed E-state index contributed by atoms with van der Waals surface area (Å²) >= 11 is 0. The lowest BCUT2D eigenvalue weighted by Gasteiger charge is -2.30. The molecule has 0 bridgehead atoms. The van der Waals surface area contributed by atoms with Gasteiger partial charge in [0.2, 0.25) is 0 Å². The minimum absolute atomic E-state index is 0.521. The van der Waals surface area contributed by atoms with Crippen molar-refractivity contribution in [3.63, 3.8) is 0 Å².